The summed E-state index contributed by atoms with van der Waals surface area (Å²) in [6.07, 6.45) is 0. The van der Waals surface area contributed by atoms with Gasteiger partial charge >= 0.3 is 5.97 Å². The van der Waals surface area contributed by atoms with Gasteiger partial charge in [0.2, 0.25) is 0 Å². The van der Waals surface area contributed by atoms with Gasteiger partial charge in [-0.15, -0.1) is 0 Å². The number of benzene rings is 1. The van der Waals surface area contributed by atoms with Crippen molar-refractivity contribution in [2.75, 3.05) is 13.1 Å². The maximum atomic E-state index is 10.8. The number of nitrogens with one attached hydrogen (secondary N) is 1. The smallest absolute Gasteiger partial charge is 0.353 e. The van der Waals surface area contributed by atoms with E-state index in [2.05, 4.69) is 41.1 Å². The van der Waals surface area contributed by atoms with Crippen LogP contribution < -0.4 is 0 Å². The molecule has 20 heavy (non-hydrogen) atoms. The van der Waals surface area contributed by atoms with E-state index >= 15 is 0 Å². The monoisotopic (exact) mass is 273 g/mol. The molecule has 2 rings (SSSR count). The number of aromatic carboxylic acids is 1. The molecule has 0 unspecified atom stereocenters. The molecular formula is C15H19N3O2. The van der Waals surface area contributed by atoms with E-state index in [0.29, 0.717) is 5.69 Å². The second kappa shape index (κ2) is 6.34. The Morgan fingerprint density at radius 1 is 1.25 bits per heavy atom. The summed E-state index contributed by atoms with van der Waals surface area (Å²) in [4.78, 5) is 13.1. The first kappa shape index (κ1) is 14.3. The largest absolute Gasteiger partial charge is 0.477 e. The van der Waals surface area contributed by atoms with Crippen molar-refractivity contribution in [3.05, 3.63) is 41.6 Å². The number of nitrogens with zero attached hydrogens (tertiary/aromatic N) is 2. The molecular weight excluding hydrogens is 254 g/mol. The minimum Gasteiger partial charge on any atom is -0.477 e. The molecule has 5 nitrogen and oxygen atoms in total. The van der Waals surface area contributed by atoms with Crippen LogP contribution in [0, 0.1) is 0 Å². The van der Waals surface area contributed by atoms with Gasteiger partial charge in [-0.25, -0.2) is 4.79 Å². The fourth-order valence-electron chi connectivity index (χ4n) is 2.07. The molecule has 2 N–H and O–H groups in total. The van der Waals surface area contributed by atoms with E-state index < -0.39 is 5.97 Å². The van der Waals surface area contributed by atoms with Crippen molar-refractivity contribution < 1.29 is 9.90 Å². The van der Waals surface area contributed by atoms with E-state index in [1.54, 1.807) is 6.07 Å². The highest BCUT2D eigenvalue weighted by Crippen LogP contribution is 2.19. The molecule has 0 saturated carbocycles. The average molecular weight is 273 g/mol. The van der Waals surface area contributed by atoms with Crippen molar-refractivity contribution in [3.63, 3.8) is 0 Å². The van der Waals surface area contributed by atoms with Gasteiger partial charge in [0.15, 0.2) is 0 Å². The Kier molecular flexibility index (Phi) is 4.53. The quantitative estimate of drug-likeness (QED) is 0.849. The molecule has 0 bridgehead atoms. The van der Waals surface area contributed by atoms with Gasteiger partial charge in [-0.1, -0.05) is 38.1 Å². The van der Waals surface area contributed by atoms with E-state index in [-0.39, 0.29) is 5.69 Å². The van der Waals surface area contributed by atoms with Crippen molar-refractivity contribution in [3.8, 4) is 11.3 Å². The van der Waals surface area contributed by atoms with Crippen molar-refractivity contribution >= 4 is 5.97 Å². The van der Waals surface area contributed by atoms with Crippen LogP contribution in [0.2, 0.25) is 0 Å². The number of carbonyl (C=O) groups is 1. The van der Waals surface area contributed by atoms with Gasteiger partial charge in [0.25, 0.3) is 0 Å². The van der Waals surface area contributed by atoms with Crippen LogP contribution in [0.25, 0.3) is 11.3 Å². The van der Waals surface area contributed by atoms with Crippen molar-refractivity contribution in [2.45, 2.75) is 20.4 Å². The lowest BCUT2D eigenvalue weighted by atomic mass is 10.1. The Labute approximate surface area is 118 Å². The second-order valence-corrected chi connectivity index (χ2v) is 4.63. The highest BCUT2D eigenvalue weighted by atomic mass is 16.4. The zero-order valence-corrected chi connectivity index (χ0v) is 11.8. The normalized spacial score (nSPS) is 10.9. The van der Waals surface area contributed by atoms with Crippen LogP contribution in [0.5, 0.6) is 0 Å². The zero-order chi connectivity index (χ0) is 14.5. The van der Waals surface area contributed by atoms with Gasteiger partial charge in [-0.2, -0.15) is 5.10 Å². The number of carboxylic acids is 1. The first-order valence-electron chi connectivity index (χ1n) is 6.74. The summed E-state index contributed by atoms with van der Waals surface area (Å²) in [6.45, 7) is 7.28. The lowest BCUT2D eigenvalue weighted by Gasteiger charge is -2.17. The van der Waals surface area contributed by atoms with Crippen molar-refractivity contribution in [1.29, 1.82) is 0 Å². The van der Waals surface area contributed by atoms with Gasteiger partial charge in [-0.3, -0.25) is 10.00 Å². The number of hydrogen-bond acceptors (Lipinski definition) is 3. The summed E-state index contributed by atoms with van der Waals surface area (Å²) in [5.74, 6) is -0.998. The Hall–Kier alpha value is -2.14. The van der Waals surface area contributed by atoms with Crippen LogP contribution in [0.3, 0.4) is 0 Å². The van der Waals surface area contributed by atoms with Crippen molar-refractivity contribution in [2.24, 2.45) is 0 Å². The summed E-state index contributed by atoms with van der Waals surface area (Å²) in [5.41, 5.74) is 2.91. The molecule has 106 valence electrons. The molecule has 5 heteroatoms. The maximum absolute atomic E-state index is 10.8. The SMILES string of the molecule is CCN(CC)Cc1ccc(-c2cc(C(=O)O)[nH]n2)cc1. The first-order chi connectivity index (χ1) is 9.63. The Morgan fingerprint density at radius 3 is 2.40 bits per heavy atom. The predicted molar refractivity (Wildman–Crippen MR) is 77.6 cm³/mol. The molecule has 2 aromatic rings. The predicted octanol–water partition coefficient (Wildman–Crippen LogP) is 2.62. The summed E-state index contributed by atoms with van der Waals surface area (Å²) in [6, 6.07) is 9.61. The number of aromatic amines is 1. The summed E-state index contributed by atoms with van der Waals surface area (Å²) >= 11 is 0. The second-order valence-electron chi connectivity index (χ2n) is 4.63. The molecule has 0 amide bonds. The van der Waals surface area contributed by atoms with Crippen LogP contribution in [-0.2, 0) is 6.54 Å². The highest BCUT2D eigenvalue weighted by molar-refractivity contribution is 5.86. The van der Waals surface area contributed by atoms with E-state index in [1.165, 1.54) is 5.56 Å². The molecule has 0 aliphatic rings. The summed E-state index contributed by atoms with van der Waals surface area (Å²) < 4.78 is 0. The van der Waals surface area contributed by atoms with Gasteiger partial charge in [0, 0.05) is 12.1 Å². The molecule has 0 aliphatic heterocycles. The lowest BCUT2D eigenvalue weighted by Crippen LogP contribution is -2.21. The molecule has 1 aromatic carbocycles. The third-order valence-corrected chi connectivity index (χ3v) is 3.36. The van der Waals surface area contributed by atoms with Crippen LogP contribution >= 0.6 is 0 Å². The number of carboxylic acid groups (broad SMARTS) is 1. The van der Waals surface area contributed by atoms with Crippen LogP contribution in [0.1, 0.15) is 29.9 Å². The number of H-pyrrole nitrogens is 1. The van der Waals surface area contributed by atoms with Gasteiger partial charge < -0.3 is 5.11 Å². The van der Waals surface area contributed by atoms with Gasteiger partial charge in [0.1, 0.15) is 5.69 Å². The van der Waals surface area contributed by atoms with Gasteiger partial charge in [-0.05, 0) is 24.7 Å². The Bertz CT molecular complexity index is 571. The molecule has 0 radical (unpaired) electrons. The molecule has 0 atom stereocenters. The summed E-state index contributed by atoms with van der Waals surface area (Å²) in [5, 5.41) is 15.4. The fraction of sp³-hybridized carbons (Fsp3) is 0.333. The Balaban J connectivity index is 2.12. The number of hydrogen-bond donors (Lipinski definition) is 2. The molecule has 1 heterocycles. The van der Waals surface area contributed by atoms with E-state index in [4.69, 9.17) is 5.11 Å². The van der Waals surface area contributed by atoms with E-state index in [1.807, 2.05) is 12.1 Å². The highest BCUT2D eigenvalue weighted by Gasteiger charge is 2.09. The van der Waals surface area contributed by atoms with Crippen LogP contribution in [0.15, 0.2) is 30.3 Å². The van der Waals surface area contributed by atoms with Gasteiger partial charge in [0.05, 0.1) is 5.69 Å². The first-order valence-corrected chi connectivity index (χ1v) is 6.74. The third-order valence-electron chi connectivity index (χ3n) is 3.36. The molecule has 0 fully saturated rings. The zero-order valence-electron chi connectivity index (χ0n) is 11.8. The summed E-state index contributed by atoms with van der Waals surface area (Å²) in [7, 11) is 0. The number of aromatic nitrogens is 2. The van der Waals surface area contributed by atoms with Crippen molar-refractivity contribution in [1.82, 2.24) is 15.1 Å². The average Bonchev–Trinajstić information content (AvgIpc) is 2.95. The molecule has 0 aliphatic carbocycles. The number of rotatable bonds is 6. The van der Waals surface area contributed by atoms with Crippen LogP contribution in [0.4, 0.5) is 0 Å². The Morgan fingerprint density at radius 2 is 1.90 bits per heavy atom. The third kappa shape index (κ3) is 3.24. The fourth-order valence-corrected chi connectivity index (χ4v) is 2.07. The standard InChI is InChI=1S/C15H19N3O2/c1-3-18(4-2)10-11-5-7-12(8-6-11)13-9-14(15(19)20)17-16-13/h5-9H,3-4,10H2,1-2H3,(H,16,17)(H,19,20). The maximum Gasteiger partial charge on any atom is 0.353 e. The lowest BCUT2D eigenvalue weighted by molar-refractivity contribution is 0.0690. The van der Waals surface area contributed by atoms with E-state index in [0.717, 1.165) is 25.2 Å². The van der Waals surface area contributed by atoms with E-state index in [9.17, 15) is 4.79 Å². The molecule has 1 aromatic heterocycles. The minimum absolute atomic E-state index is 0.104. The minimum atomic E-state index is -0.998. The topological polar surface area (TPSA) is 69.2 Å². The molecule has 0 saturated heterocycles. The van der Waals surface area contributed by atoms with Crippen LogP contribution in [-0.4, -0.2) is 39.3 Å². The molecule has 0 spiro atoms.